The smallest absolute Gasteiger partial charge is 0.147 e. The summed E-state index contributed by atoms with van der Waals surface area (Å²) in [5.74, 6) is 0.846. The number of fused-ring (bicyclic) bond motifs is 1. The number of nitrogens with zero attached hydrogens (tertiary/aromatic N) is 2. The van der Waals surface area contributed by atoms with Gasteiger partial charge >= 0.3 is 0 Å². The van der Waals surface area contributed by atoms with Gasteiger partial charge in [0.15, 0.2) is 0 Å². The van der Waals surface area contributed by atoms with Crippen LogP contribution in [0.2, 0.25) is 5.02 Å². The Morgan fingerprint density at radius 3 is 2.59 bits per heavy atom. The van der Waals surface area contributed by atoms with Crippen molar-refractivity contribution < 1.29 is 5.11 Å². The molecule has 0 bridgehead atoms. The molecule has 0 saturated carbocycles. The fourth-order valence-corrected chi connectivity index (χ4v) is 3.42. The zero-order valence-electron chi connectivity index (χ0n) is 14.7. The van der Waals surface area contributed by atoms with Crippen molar-refractivity contribution in [2.24, 2.45) is 0 Å². The highest BCUT2D eigenvalue weighted by atomic mass is 35.5. The molecule has 27 heavy (non-hydrogen) atoms. The van der Waals surface area contributed by atoms with Crippen LogP contribution in [-0.4, -0.2) is 15.1 Å². The molecule has 0 radical (unpaired) electrons. The van der Waals surface area contributed by atoms with E-state index < -0.39 is 0 Å². The van der Waals surface area contributed by atoms with Crippen LogP contribution in [0.4, 0.5) is 5.82 Å². The number of pyridine rings is 2. The molecule has 2 aromatic heterocycles. The summed E-state index contributed by atoms with van der Waals surface area (Å²) in [5, 5.41) is 15.8. The number of aromatic hydroxyl groups is 1. The summed E-state index contributed by atoms with van der Waals surface area (Å²) in [6, 6.07) is 18.7. The average molecular weight is 376 g/mol. The Kier molecular flexibility index (Phi) is 4.65. The number of rotatable bonds is 4. The van der Waals surface area contributed by atoms with E-state index >= 15 is 0 Å². The third kappa shape index (κ3) is 3.44. The zero-order chi connectivity index (χ0) is 18.8. The molecule has 0 saturated heterocycles. The van der Waals surface area contributed by atoms with E-state index in [0.29, 0.717) is 21.9 Å². The number of benzene rings is 2. The molecule has 0 aliphatic heterocycles. The molecule has 2 N–H and O–H groups in total. The first-order valence-electron chi connectivity index (χ1n) is 8.63. The van der Waals surface area contributed by atoms with E-state index in [9.17, 15) is 5.11 Å². The van der Waals surface area contributed by atoms with Crippen LogP contribution in [0, 0.1) is 6.92 Å². The molecule has 2 heterocycles. The first-order valence-corrected chi connectivity index (χ1v) is 9.01. The maximum Gasteiger partial charge on any atom is 0.147 e. The summed E-state index contributed by atoms with van der Waals surface area (Å²) in [5.41, 5.74) is 3.20. The molecule has 5 heteroatoms. The minimum Gasteiger partial charge on any atom is -0.505 e. The number of nitrogens with one attached hydrogen (secondary N) is 1. The molecule has 134 valence electrons. The molecular formula is C22H18ClN3O. The molecule has 4 rings (SSSR count). The van der Waals surface area contributed by atoms with Gasteiger partial charge in [0.05, 0.1) is 6.04 Å². The van der Waals surface area contributed by atoms with E-state index in [1.54, 1.807) is 12.4 Å². The normalized spacial score (nSPS) is 12.1. The van der Waals surface area contributed by atoms with E-state index in [1.807, 2.05) is 67.6 Å². The standard InChI is InChI=1S/C22H18ClN3O/c1-14-10-12-24-19(13-14)26-21(16-6-2-3-7-18(16)23)17-9-8-15-5-4-11-25-20(15)22(17)27/h2-13,21,27H,1H3,(H,24,26)/t21-/m0/s1. The minimum absolute atomic E-state index is 0.137. The van der Waals surface area contributed by atoms with E-state index in [2.05, 4.69) is 15.3 Å². The fourth-order valence-electron chi connectivity index (χ4n) is 3.17. The largest absolute Gasteiger partial charge is 0.505 e. The number of hydrogen-bond donors (Lipinski definition) is 2. The van der Waals surface area contributed by atoms with Gasteiger partial charge in [-0.05, 0) is 42.3 Å². The van der Waals surface area contributed by atoms with Gasteiger partial charge in [-0.2, -0.15) is 0 Å². The van der Waals surface area contributed by atoms with Gasteiger partial charge in [0, 0.05) is 28.4 Å². The number of hydrogen-bond acceptors (Lipinski definition) is 4. The van der Waals surface area contributed by atoms with Crippen molar-refractivity contribution in [3.05, 3.63) is 94.8 Å². The molecule has 0 aliphatic rings. The third-order valence-corrected chi connectivity index (χ3v) is 4.86. The lowest BCUT2D eigenvalue weighted by atomic mass is 9.96. The lowest BCUT2D eigenvalue weighted by Crippen LogP contribution is -2.14. The SMILES string of the molecule is Cc1ccnc(N[C@@H](c2ccccc2Cl)c2ccc3cccnc3c2O)c1. The molecule has 2 aromatic carbocycles. The van der Waals surface area contributed by atoms with Crippen molar-refractivity contribution in [2.45, 2.75) is 13.0 Å². The van der Waals surface area contributed by atoms with Crippen molar-refractivity contribution in [3.63, 3.8) is 0 Å². The van der Waals surface area contributed by atoms with Crippen molar-refractivity contribution in [2.75, 3.05) is 5.32 Å². The summed E-state index contributed by atoms with van der Waals surface area (Å²) >= 11 is 6.48. The Balaban J connectivity index is 1.88. The Morgan fingerprint density at radius 1 is 0.926 bits per heavy atom. The summed E-state index contributed by atoms with van der Waals surface area (Å²) in [4.78, 5) is 8.74. The predicted molar refractivity (Wildman–Crippen MR) is 109 cm³/mol. The molecule has 0 fully saturated rings. The van der Waals surface area contributed by atoms with Crippen molar-refractivity contribution in [3.8, 4) is 5.75 Å². The van der Waals surface area contributed by atoms with Gasteiger partial charge < -0.3 is 10.4 Å². The number of aryl methyl sites for hydroxylation is 1. The maximum atomic E-state index is 10.9. The Bertz CT molecular complexity index is 1110. The molecule has 0 amide bonds. The lowest BCUT2D eigenvalue weighted by Gasteiger charge is -2.23. The van der Waals surface area contributed by atoms with Crippen LogP contribution in [0.3, 0.4) is 0 Å². The van der Waals surface area contributed by atoms with Crippen LogP contribution in [0.1, 0.15) is 22.7 Å². The number of anilines is 1. The molecule has 0 aliphatic carbocycles. The van der Waals surface area contributed by atoms with E-state index in [0.717, 1.165) is 16.5 Å². The van der Waals surface area contributed by atoms with Crippen molar-refractivity contribution >= 4 is 28.3 Å². The van der Waals surface area contributed by atoms with Gasteiger partial charge in [-0.3, -0.25) is 4.98 Å². The maximum absolute atomic E-state index is 10.9. The first-order chi connectivity index (χ1) is 13.1. The quantitative estimate of drug-likeness (QED) is 0.494. The Labute approximate surface area is 162 Å². The molecule has 4 aromatic rings. The van der Waals surface area contributed by atoms with Crippen LogP contribution in [0.25, 0.3) is 10.9 Å². The lowest BCUT2D eigenvalue weighted by molar-refractivity contribution is 0.471. The molecule has 4 nitrogen and oxygen atoms in total. The van der Waals surface area contributed by atoms with Crippen LogP contribution in [-0.2, 0) is 0 Å². The number of phenolic OH excluding ortho intramolecular Hbond substituents is 1. The monoisotopic (exact) mass is 375 g/mol. The van der Waals surface area contributed by atoms with Gasteiger partial charge in [0.2, 0.25) is 0 Å². The van der Waals surface area contributed by atoms with E-state index in [-0.39, 0.29) is 11.8 Å². The van der Waals surface area contributed by atoms with Gasteiger partial charge in [-0.25, -0.2) is 4.98 Å². The zero-order valence-corrected chi connectivity index (χ0v) is 15.5. The second-order valence-corrected chi connectivity index (χ2v) is 6.80. The van der Waals surface area contributed by atoms with Gasteiger partial charge in [0.1, 0.15) is 17.1 Å². The highest BCUT2D eigenvalue weighted by Gasteiger charge is 2.22. The third-order valence-electron chi connectivity index (χ3n) is 4.51. The fraction of sp³-hybridized carbons (Fsp3) is 0.0909. The predicted octanol–water partition coefficient (Wildman–Crippen LogP) is 5.50. The van der Waals surface area contributed by atoms with Crippen LogP contribution in [0.5, 0.6) is 5.75 Å². The first kappa shape index (κ1) is 17.3. The Hall–Kier alpha value is -3.11. The van der Waals surface area contributed by atoms with Gasteiger partial charge in [0.25, 0.3) is 0 Å². The molecule has 0 unspecified atom stereocenters. The number of aromatic nitrogens is 2. The average Bonchev–Trinajstić information content (AvgIpc) is 2.68. The summed E-state index contributed by atoms with van der Waals surface area (Å²) in [6.45, 7) is 2.01. The topological polar surface area (TPSA) is 58.0 Å². The second-order valence-electron chi connectivity index (χ2n) is 6.40. The van der Waals surface area contributed by atoms with Crippen LogP contribution in [0.15, 0.2) is 73.1 Å². The summed E-state index contributed by atoms with van der Waals surface area (Å²) < 4.78 is 0. The minimum atomic E-state index is -0.376. The summed E-state index contributed by atoms with van der Waals surface area (Å²) in [6.07, 6.45) is 3.43. The van der Waals surface area contributed by atoms with Crippen LogP contribution >= 0.6 is 11.6 Å². The molecular weight excluding hydrogens is 358 g/mol. The van der Waals surface area contributed by atoms with E-state index in [4.69, 9.17) is 11.6 Å². The Morgan fingerprint density at radius 2 is 1.78 bits per heavy atom. The van der Waals surface area contributed by atoms with Crippen molar-refractivity contribution in [1.82, 2.24) is 9.97 Å². The highest BCUT2D eigenvalue weighted by Crippen LogP contribution is 2.38. The number of phenols is 1. The van der Waals surface area contributed by atoms with Gasteiger partial charge in [-0.15, -0.1) is 0 Å². The number of halogens is 1. The van der Waals surface area contributed by atoms with Crippen molar-refractivity contribution in [1.29, 1.82) is 0 Å². The summed E-state index contributed by atoms with van der Waals surface area (Å²) in [7, 11) is 0. The second kappa shape index (κ2) is 7.25. The van der Waals surface area contributed by atoms with Crippen LogP contribution < -0.4 is 5.32 Å². The van der Waals surface area contributed by atoms with Gasteiger partial charge in [-0.1, -0.05) is 48.0 Å². The van der Waals surface area contributed by atoms with E-state index in [1.165, 1.54) is 0 Å². The molecule has 0 spiro atoms. The molecule has 1 atom stereocenters. The highest BCUT2D eigenvalue weighted by molar-refractivity contribution is 6.31.